The van der Waals surface area contributed by atoms with Crippen LogP contribution in [0.3, 0.4) is 0 Å². The molecule has 0 saturated carbocycles. The molecular weight excluding hydrogens is 271 g/mol. The van der Waals surface area contributed by atoms with Gasteiger partial charge in [0.1, 0.15) is 0 Å². The Hall–Kier alpha value is -1.51. The first kappa shape index (κ1) is 14.9. The van der Waals surface area contributed by atoms with Crippen LogP contribution in [0, 0.1) is 12.3 Å². The number of aromatic nitrogens is 2. The van der Waals surface area contributed by atoms with Crippen molar-refractivity contribution in [3.05, 3.63) is 32.6 Å². The topological polar surface area (TPSA) is 105 Å². The maximum Gasteiger partial charge on any atom is 0.330 e. The fourth-order valence-corrected chi connectivity index (χ4v) is 2.32. The number of aliphatic hydroxyl groups is 2. The van der Waals surface area contributed by atoms with Crippen LogP contribution in [-0.4, -0.2) is 45.3 Å². The summed E-state index contributed by atoms with van der Waals surface area (Å²) >= 11 is 0. The van der Waals surface area contributed by atoms with E-state index in [1.165, 1.54) is 20.0 Å². The Labute approximate surface area is 113 Å². The van der Waals surface area contributed by atoms with Gasteiger partial charge in [-0.2, -0.15) is 0 Å². The van der Waals surface area contributed by atoms with Gasteiger partial charge >= 0.3 is 5.69 Å². The van der Waals surface area contributed by atoms with Crippen molar-refractivity contribution in [2.75, 3.05) is 13.2 Å². The highest BCUT2D eigenvalue weighted by Crippen LogP contribution is 2.44. The Balaban J connectivity index is 2.48. The summed E-state index contributed by atoms with van der Waals surface area (Å²) in [5, 5.41) is 18.6. The van der Waals surface area contributed by atoms with E-state index >= 15 is 0 Å². The number of ether oxygens (including phenoxy) is 1. The minimum Gasteiger partial charge on any atom is -0.396 e. The molecule has 1 aromatic rings. The summed E-state index contributed by atoms with van der Waals surface area (Å²) in [5.41, 5.74) is -2.43. The van der Waals surface area contributed by atoms with Gasteiger partial charge in [0.25, 0.3) is 5.56 Å². The fourth-order valence-electron chi connectivity index (χ4n) is 2.32. The highest BCUT2D eigenvalue weighted by molar-refractivity contribution is 5.05. The molecule has 0 aromatic carbocycles. The molecule has 20 heavy (non-hydrogen) atoms. The van der Waals surface area contributed by atoms with Gasteiger partial charge in [-0.05, 0) is 6.92 Å². The highest BCUT2D eigenvalue weighted by Gasteiger charge is 2.54. The first-order chi connectivity index (χ1) is 9.35. The lowest BCUT2D eigenvalue weighted by Gasteiger charge is -2.27. The third-order valence-corrected chi connectivity index (χ3v) is 3.85. The monoisotopic (exact) mass is 288 g/mol. The van der Waals surface area contributed by atoms with Crippen molar-refractivity contribution in [2.45, 2.75) is 32.4 Å². The molecule has 0 radical (unpaired) electrons. The van der Waals surface area contributed by atoms with E-state index in [1.807, 2.05) is 0 Å². The largest absolute Gasteiger partial charge is 0.396 e. The molecule has 0 amide bonds. The van der Waals surface area contributed by atoms with Gasteiger partial charge in [-0.3, -0.25) is 14.3 Å². The number of aromatic amines is 1. The highest BCUT2D eigenvalue weighted by atomic mass is 19.1. The minimum absolute atomic E-state index is 0.235. The zero-order valence-electron chi connectivity index (χ0n) is 11.2. The summed E-state index contributed by atoms with van der Waals surface area (Å²) < 4.78 is 20.8. The molecule has 2 rings (SSSR count). The number of hydrogen-bond donors (Lipinski definition) is 3. The van der Waals surface area contributed by atoms with E-state index < -0.39 is 48.4 Å². The van der Waals surface area contributed by atoms with Gasteiger partial charge in [-0.15, -0.1) is 0 Å². The zero-order valence-corrected chi connectivity index (χ0v) is 11.2. The van der Waals surface area contributed by atoms with Crippen LogP contribution >= 0.6 is 0 Å². The van der Waals surface area contributed by atoms with Crippen molar-refractivity contribution in [1.29, 1.82) is 0 Å². The Morgan fingerprint density at radius 3 is 2.65 bits per heavy atom. The third-order valence-electron chi connectivity index (χ3n) is 3.85. The number of nitrogens with zero attached hydrogens (tertiary/aromatic N) is 1. The van der Waals surface area contributed by atoms with E-state index in [0.717, 1.165) is 4.57 Å². The molecule has 0 aliphatic carbocycles. The Morgan fingerprint density at radius 1 is 1.50 bits per heavy atom. The minimum atomic E-state index is -1.70. The van der Waals surface area contributed by atoms with E-state index in [9.17, 15) is 24.2 Å². The lowest BCUT2D eigenvalue weighted by atomic mass is 9.82. The second kappa shape index (κ2) is 5.12. The van der Waals surface area contributed by atoms with Gasteiger partial charge in [0, 0.05) is 11.8 Å². The molecule has 112 valence electrons. The molecule has 1 aliphatic rings. The van der Waals surface area contributed by atoms with Crippen LogP contribution in [0.4, 0.5) is 4.39 Å². The molecule has 1 aliphatic heterocycles. The summed E-state index contributed by atoms with van der Waals surface area (Å²) in [6.07, 6.45) is -2.73. The second-order valence-electron chi connectivity index (χ2n) is 5.24. The van der Waals surface area contributed by atoms with Crippen LogP contribution in [0.15, 0.2) is 15.8 Å². The molecule has 0 spiro atoms. The van der Waals surface area contributed by atoms with Crippen molar-refractivity contribution in [2.24, 2.45) is 5.41 Å². The number of H-pyrrole nitrogens is 1. The normalized spacial score (nSPS) is 33.5. The number of rotatable bonds is 3. The molecule has 7 nitrogen and oxygen atoms in total. The lowest BCUT2D eigenvalue weighted by molar-refractivity contribution is -0.0551. The Bertz CT molecular complexity index is 613. The standard InChI is InChI=1S/C12H17FN2O5/c1-6-3-15(11(19)14-9(6)18)10-8(13)12(2,5-17)7(4-16)20-10/h3,7-8,10,16-17H,4-5H2,1-2H3,(H,14,18,19)/t7-,8-,10-,12-/m1/s1. The average Bonchev–Trinajstić information content (AvgIpc) is 2.67. The Kier molecular flexibility index (Phi) is 3.81. The van der Waals surface area contributed by atoms with Crippen LogP contribution in [0.25, 0.3) is 0 Å². The molecule has 1 saturated heterocycles. The van der Waals surface area contributed by atoms with Gasteiger partial charge in [0.2, 0.25) is 0 Å². The van der Waals surface area contributed by atoms with E-state index in [2.05, 4.69) is 4.98 Å². The first-order valence-electron chi connectivity index (χ1n) is 6.18. The molecule has 1 aromatic heterocycles. The van der Waals surface area contributed by atoms with E-state index in [4.69, 9.17) is 4.74 Å². The first-order valence-corrected chi connectivity index (χ1v) is 6.18. The summed E-state index contributed by atoms with van der Waals surface area (Å²) in [4.78, 5) is 25.1. The zero-order chi connectivity index (χ0) is 15.1. The summed E-state index contributed by atoms with van der Waals surface area (Å²) in [7, 11) is 0. The van der Waals surface area contributed by atoms with Crippen LogP contribution in [0.5, 0.6) is 0 Å². The average molecular weight is 288 g/mol. The van der Waals surface area contributed by atoms with Crippen molar-refractivity contribution >= 4 is 0 Å². The lowest BCUT2D eigenvalue weighted by Crippen LogP contribution is -2.41. The molecule has 3 N–H and O–H groups in total. The van der Waals surface area contributed by atoms with E-state index in [0.29, 0.717) is 0 Å². The number of alkyl halides is 1. The maximum atomic E-state index is 14.5. The number of aryl methyl sites for hydroxylation is 1. The summed E-state index contributed by atoms with van der Waals surface area (Å²) in [6.45, 7) is 1.89. The van der Waals surface area contributed by atoms with Gasteiger partial charge in [0.05, 0.1) is 24.7 Å². The van der Waals surface area contributed by atoms with E-state index in [-0.39, 0.29) is 5.56 Å². The van der Waals surface area contributed by atoms with Crippen molar-refractivity contribution < 1.29 is 19.3 Å². The smallest absolute Gasteiger partial charge is 0.330 e. The molecule has 0 unspecified atom stereocenters. The second-order valence-corrected chi connectivity index (χ2v) is 5.24. The predicted molar refractivity (Wildman–Crippen MR) is 67.1 cm³/mol. The van der Waals surface area contributed by atoms with Crippen molar-refractivity contribution in [3.63, 3.8) is 0 Å². The van der Waals surface area contributed by atoms with Gasteiger partial charge in [0.15, 0.2) is 12.4 Å². The number of hydrogen-bond acceptors (Lipinski definition) is 5. The van der Waals surface area contributed by atoms with Crippen LogP contribution in [0.2, 0.25) is 0 Å². The molecule has 1 fully saturated rings. The predicted octanol–water partition coefficient (Wildman–Crippen LogP) is -0.929. The molecule has 8 heteroatoms. The van der Waals surface area contributed by atoms with Crippen LogP contribution in [0.1, 0.15) is 18.7 Å². The summed E-state index contributed by atoms with van der Waals surface area (Å²) in [6, 6.07) is 0. The van der Waals surface area contributed by atoms with Gasteiger partial charge in [-0.25, -0.2) is 9.18 Å². The maximum absolute atomic E-state index is 14.5. The number of aliphatic hydroxyl groups excluding tert-OH is 2. The van der Waals surface area contributed by atoms with E-state index in [1.54, 1.807) is 0 Å². The summed E-state index contributed by atoms with van der Waals surface area (Å²) in [5.74, 6) is 0. The number of nitrogens with one attached hydrogen (secondary N) is 1. The molecular formula is C12H17FN2O5. The van der Waals surface area contributed by atoms with Gasteiger partial charge < -0.3 is 14.9 Å². The number of halogens is 1. The van der Waals surface area contributed by atoms with Crippen LogP contribution in [-0.2, 0) is 4.74 Å². The van der Waals surface area contributed by atoms with Crippen molar-refractivity contribution in [1.82, 2.24) is 9.55 Å². The molecule has 0 bridgehead atoms. The molecule has 4 atom stereocenters. The third kappa shape index (κ3) is 2.09. The SMILES string of the molecule is Cc1cn([C@@H]2O[C@H](CO)[C@@](C)(CO)[C@@H]2F)c(=O)[nH]c1=O. The fraction of sp³-hybridized carbons (Fsp3) is 0.667. The van der Waals surface area contributed by atoms with Crippen LogP contribution < -0.4 is 11.2 Å². The van der Waals surface area contributed by atoms with Crippen molar-refractivity contribution in [3.8, 4) is 0 Å². The molecule has 2 heterocycles. The van der Waals surface area contributed by atoms with Gasteiger partial charge in [-0.1, -0.05) is 6.92 Å². The quantitative estimate of drug-likeness (QED) is 0.666. The Morgan fingerprint density at radius 2 is 2.15 bits per heavy atom.